The number of hydrogen-bond acceptors (Lipinski definition) is 7. The monoisotopic (exact) mass is 713 g/mol. The van der Waals surface area contributed by atoms with Gasteiger partial charge >= 0.3 is 12.2 Å². The number of benzene rings is 3. The van der Waals surface area contributed by atoms with E-state index in [4.69, 9.17) is 25.8 Å². The lowest BCUT2D eigenvalue weighted by molar-refractivity contribution is -0.191. The second kappa shape index (κ2) is 14.5. The van der Waals surface area contributed by atoms with Crippen LogP contribution in [0.4, 0.5) is 21.9 Å². The van der Waals surface area contributed by atoms with Gasteiger partial charge in [-0.25, -0.2) is 4.79 Å². The predicted molar refractivity (Wildman–Crippen MR) is 159 cm³/mol. The minimum Gasteiger partial charge on any atom is -0.438 e. The third-order valence-corrected chi connectivity index (χ3v) is 6.61. The molecule has 0 aliphatic carbocycles. The van der Waals surface area contributed by atoms with Gasteiger partial charge in [-0.05, 0) is 76.6 Å². The maximum absolute atomic E-state index is 11.2. The highest BCUT2D eigenvalue weighted by atomic mass is 79.9. The SMILES string of the molecule is CC(C)(O)c1ccc(Br)cc1N.CC1(C)OC(=O)Nc2cc(Br)ccc21.Cc1ccc(Br)cc1N.O=C=O. The molecule has 204 valence electrons. The van der Waals surface area contributed by atoms with E-state index in [9.17, 15) is 9.90 Å². The van der Waals surface area contributed by atoms with Crippen molar-refractivity contribution >= 4 is 77.1 Å². The van der Waals surface area contributed by atoms with Crippen LogP contribution in [0.1, 0.15) is 44.4 Å². The number of halogens is 3. The Bertz CT molecular complexity index is 1300. The summed E-state index contributed by atoms with van der Waals surface area (Å²) in [6.07, 6.45) is -0.152. The molecule has 1 amide bonds. The summed E-state index contributed by atoms with van der Waals surface area (Å²) >= 11 is 9.97. The Hall–Kier alpha value is -2.69. The predicted octanol–water partition coefficient (Wildman–Crippen LogP) is 7.26. The molecule has 0 saturated carbocycles. The molecular formula is C27H30Br3N3O5. The summed E-state index contributed by atoms with van der Waals surface area (Å²) in [5, 5.41) is 12.3. The number of nitrogen functional groups attached to an aromatic ring is 2. The van der Waals surface area contributed by atoms with Crippen molar-refractivity contribution in [2.75, 3.05) is 16.8 Å². The van der Waals surface area contributed by atoms with Gasteiger partial charge in [0.2, 0.25) is 0 Å². The first-order chi connectivity index (χ1) is 17.5. The van der Waals surface area contributed by atoms with Gasteiger partial charge in [-0.2, -0.15) is 9.59 Å². The zero-order valence-electron chi connectivity index (χ0n) is 21.6. The molecule has 0 radical (unpaired) electrons. The molecule has 1 aliphatic heterocycles. The molecule has 6 N–H and O–H groups in total. The molecule has 3 aromatic rings. The van der Waals surface area contributed by atoms with Crippen molar-refractivity contribution < 1.29 is 24.2 Å². The number of amides is 1. The van der Waals surface area contributed by atoms with Gasteiger partial charge in [0.1, 0.15) is 5.60 Å². The van der Waals surface area contributed by atoms with Gasteiger partial charge in [0.15, 0.2) is 0 Å². The Morgan fingerprint density at radius 1 is 0.895 bits per heavy atom. The number of carbonyl (C=O) groups is 1. The molecule has 0 atom stereocenters. The van der Waals surface area contributed by atoms with E-state index >= 15 is 0 Å². The summed E-state index contributed by atoms with van der Waals surface area (Å²) in [5.74, 6) is 0. The molecule has 0 fully saturated rings. The van der Waals surface area contributed by atoms with E-state index in [0.29, 0.717) is 5.69 Å². The van der Waals surface area contributed by atoms with E-state index < -0.39 is 17.3 Å². The Labute approximate surface area is 247 Å². The van der Waals surface area contributed by atoms with Crippen LogP contribution in [-0.4, -0.2) is 17.4 Å². The summed E-state index contributed by atoms with van der Waals surface area (Å²) in [6, 6.07) is 17.1. The number of anilines is 3. The van der Waals surface area contributed by atoms with E-state index in [1.54, 1.807) is 19.9 Å². The second-order valence-corrected chi connectivity index (χ2v) is 11.8. The van der Waals surface area contributed by atoms with Gasteiger partial charge in [-0.15, -0.1) is 0 Å². The van der Waals surface area contributed by atoms with E-state index in [-0.39, 0.29) is 6.15 Å². The van der Waals surface area contributed by atoms with Crippen LogP contribution in [-0.2, 0) is 25.5 Å². The molecule has 4 rings (SSSR count). The summed E-state index contributed by atoms with van der Waals surface area (Å²) in [5.41, 5.74) is 15.0. The zero-order valence-corrected chi connectivity index (χ0v) is 26.3. The average molecular weight is 716 g/mol. The number of nitrogens with two attached hydrogens (primary N) is 2. The molecule has 8 nitrogen and oxygen atoms in total. The molecule has 0 spiro atoms. The quantitative estimate of drug-likeness (QED) is 0.194. The number of aryl methyl sites for hydroxylation is 1. The molecule has 0 bridgehead atoms. The summed E-state index contributed by atoms with van der Waals surface area (Å²) in [4.78, 5) is 27.5. The fourth-order valence-electron chi connectivity index (χ4n) is 3.27. The second-order valence-electron chi connectivity index (χ2n) is 9.09. The third-order valence-electron chi connectivity index (χ3n) is 5.13. The molecule has 3 aromatic carbocycles. The maximum Gasteiger partial charge on any atom is 0.412 e. The minimum absolute atomic E-state index is 0.250. The highest BCUT2D eigenvalue weighted by molar-refractivity contribution is 9.11. The fraction of sp³-hybridized carbons (Fsp3) is 0.259. The van der Waals surface area contributed by atoms with Crippen LogP contribution < -0.4 is 16.8 Å². The molecule has 0 saturated heterocycles. The third kappa shape index (κ3) is 10.6. The molecule has 11 heteroatoms. The number of rotatable bonds is 1. The number of cyclic esters (lactones) is 1. The van der Waals surface area contributed by atoms with Crippen LogP contribution in [0.15, 0.2) is 68.0 Å². The molecular weight excluding hydrogens is 686 g/mol. The van der Waals surface area contributed by atoms with Gasteiger partial charge in [0.05, 0.1) is 11.3 Å². The smallest absolute Gasteiger partial charge is 0.412 e. The summed E-state index contributed by atoms with van der Waals surface area (Å²) in [7, 11) is 0. The number of fused-ring (bicyclic) bond motifs is 1. The van der Waals surface area contributed by atoms with Crippen LogP contribution in [0.3, 0.4) is 0 Å². The van der Waals surface area contributed by atoms with Crippen LogP contribution in [0, 0.1) is 6.92 Å². The van der Waals surface area contributed by atoms with Crippen molar-refractivity contribution in [3.63, 3.8) is 0 Å². The van der Waals surface area contributed by atoms with Crippen molar-refractivity contribution in [1.29, 1.82) is 0 Å². The lowest BCUT2D eigenvalue weighted by atomic mass is 9.95. The van der Waals surface area contributed by atoms with Crippen molar-refractivity contribution in [3.8, 4) is 0 Å². The lowest BCUT2D eigenvalue weighted by Gasteiger charge is -2.32. The summed E-state index contributed by atoms with van der Waals surface area (Å²) < 4.78 is 8.07. The fourth-order valence-corrected chi connectivity index (χ4v) is 4.39. The van der Waals surface area contributed by atoms with Gasteiger partial charge in [0, 0.05) is 35.9 Å². The lowest BCUT2D eigenvalue weighted by Crippen LogP contribution is -2.34. The van der Waals surface area contributed by atoms with E-state index in [0.717, 1.165) is 41.5 Å². The first-order valence-corrected chi connectivity index (χ1v) is 13.5. The Morgan fingerprint density at radius 2 is 1.37 bits per heavy atom. The molecule has 0 unspecified atom stereocenters. The van der Waals surface area contributed by atoms with Crippen molar-refractivity contribution in [3.05, 3.63) is 84.7 Å². The molecule has 1 aliphatic rings. The molecule has 0 aromatic heterocycles. The van der Waals surface area contributed by atoms with Crippen LogP contribution in [0.25, 0.3) is 0 Å². The highest BCUT2D eigenvalue weighted by Crippen LogP contribution is 2.36. The first-order valence-electron chi connectivity index (χ1n) is 11.1. The van der Waals surface area contributed by atoms with E-state index in [2.05, 4.69) is 53.1 Å². The maximum atomic E-state index is 11.2. The van der Waals surface area contributed by atoms with Crippen molar-refractivity contribution in [2.45, 2.75) is 45.8 Å². The van der Waals surface area contributed by atoms with Gasteiger partial charge in [-0.3, -0.25) is 5.32 Å². The molecule has 38 heavy (non-hydrogen) atoms. The summed E-state index contributed by atoms with van der Waals surface area (Å²) in [6.45, 7) is 9.16. The van der Waals surface area contributed by atoms with Crippen LogP contribution >= 0.6 is 47.8 Å². The van der Waals surface area contributed by atoms with Crippen LogP contribution in [0.5, 0.6) is 0 Å². The molecule has 1 heterocycles. The van der Waals surface area contributed by atoms with Gasteiger partial charge in [0.25, 0.3) is 0 Å². The number of aliphatic hydroxyl groups is 1. The number of ether oxygens (including phenoxy) is 1. The number of nitrogens with one attached hydrogen (secondary N) is 1. The van der Waals surface area contributed by atoms with Gasteiger partial charge < -0.3 is 21.3 Å². The van der Waals surface area contributed by atoms with E-state index in [1.807, 2.05) is 69.3 Å². The minimum atomic E-state index is -0.870. The van der Waals surface area contributed by atoms with Gasteiger partial charge in [-0.1, -0.05) is 66.0 Å². The van der Waals surface area contributed by atoms with Crippen LogP contribution in [0.2, 0.25) is 0 Å². The Kier molecular flexibility index (Phi) is 12.7. The normalized spacial score (nSPS) is 12.8. The number of carbonyl (C=O) groups excluding carboxylic acids is 3. The Morgan fingerprint density at radius 3 is 1.84 bits per heavy atom. The van der Waals surface area contributed by atoms with E-state index in [1.165, 1.54) is 0 Å². The largest absolute Gasteiger partial charge is 0.438 e. The zero-order chi connectivity index (χ0) is 29.3. The first kappa shape index (κ1) is 33.3. The van der Waals surface area contributed by atoms with Crippen molar-refractivity contribution in [2.24, 2.45) is 0 Å². The average Bonchev–Trinajstić information content (AvgIpc) is 2.76. The number of hydrogen-bond donors (Lipinski definition) is 4. The standard InChI is InChI=1S/C10H10BrNO2.C9H12BrNO.C7H8BrN.CO2/c1-10(2)7-4-3-6(11)5-8(7)12-9(13)14-10;1-9(2,12)7-4-3-6(10)5-8(7)11;1-5-2-3-6(8)4-7(5)9;2-1-3/h3-5H,1-2H3,(H,12,13);3-5,12H,11H2,1-2H3;2-4H,9H2,1H3;. The Balaban J connectivity index is 0.000000276. The highest BCUT2D eigenvalue weighted by Gasteiger charge is 2.33. The van der Waals surface area contributed by atoms with Crippen molar-refractivity contribution in [1.82, 2.24) is 0 Å². The topological polar surface area (TPSA) is 145 Å².